The number of benzene rings is 6. The van der Waals surface area contributed by atoms with Gasteiger partial charge in [-0.2, -0.15) is 0 Å². The van der Waals surface area contributed by atoms with Crippen molar-refractivity contribution in [2.45, 2.75) is 38.5 Å². The summed E-state index contributed by atoms with van der Waals surface area (Å²) in [6.07, 6.45) is 22.0. The molecule has 0 aliphatic heterocycles. The highest BCUT2D eigenvalue weighted by molar-refractivity contribution is 6.03. The maximum atomic E-state index is 5.34. The second-order valence-electron chi connectivity index (χ2n) is 16.2. The van der Waals surface area contributed by atoms with E-state index < -0.39 is 0 Å². The van der Waals surface area contributed by atoms with E-state index in [4.69, 9.17) is 15.0 Å². The molecule has 7 aromatic rings. The molecule has 9 rings (SSSR count). The van der Waals surface area contributed by atoms with E-state index in [1.807, 2.05) is 12.1 Å². The summed E-state index contributed by atoms with van der Waals surface area (Å²) in [7, 11) is 0. The fourth-order valence-electron chi connectivity index (χ4n) is 8.39. The lowest BCUT2D eigenvalue weighted by Gasteiger charge is -2.27. The molecule has 286 valence electrons. The summed E-state index contributed by atoms with van der Waals surface area (Å²) in [4.78, 5) is 15.8. The number of aromatic nitrogens is 2. The Morgan fingerprint density at radius 2 is 1.27 bits per heavy atom. The highest BCUT2D eigenvalue weighted by atomic mass is 14.9. The summed E-state index contributed by atoms with van der Waals surface area (Å²) in [6.45, 7) is 8.73. The van der Waals surface area contributed by atoms with Crippen LogP contribution >= 0.6 is 0 Å². The lowest BCUT2D eigenvalue weighted by Crippen LogP contribution is -2.24. The zero-order valence-electron chi connectivity index (χ0n) is 33.7. The normalized spacial score (nSPS) is 18.6. The quantitative estimate of drug-likeness (QED) is 0.130. The molecular weight excluding hydrogens is 715 g/mol. The highest BCUT2D eigenvalue weighted by Gasteiger charge is 2.27. The minimum absolute atomic E-state index is 0.0349. The molecule has 2 aliphatic carbocycles. The molecule has 3 heteroatoms. The standard InChI is InChI=1S/C56H47N3/c1-4-53(56(3)35-14-7-15-36-56)57-50-32-29-43-20-10-11-22-48(43)49(50)38-40-17-16-21-46(37-40)52-39-51(44-25-23-42(24-26-44)41-18-8-5-9-19-41)58-54(59-52)45-27-30-47(31-28-45)55(2)33-12-6-13-34-55/h4-33,35,37,39H,1,34,36,38H2,2-3H3. The molecule has 0 spiro atoms. The van der Waals surface area contributed by atoms with E-state index in [9.17, 15) is 0 Å². The van der Waals surface area contributed by atoms with E-state index >= 15 is 0 Å². The molecule has 0 N–H and O–H groups in total. The van der Waals surface area contributed by atoms with Crippen molar-refractivity contribution in [3.05, 3.63) is 224 Å². The second-order valence-corrected chi connectivity index (χ2v) is 16.2. The van der Waals surface area contributed by atoms with Gasteiger partial charge in [-0.05, 0) is 75.7 Å². The van der Waals surface area contributed by atoms with E-state index in [-0.39, 0.29) is 10.8 Å². The number of hydrogen-bond donors (Lipinski definition) is 0. The van der Waals surface area contributed by atoms with Crippen LogP contribution in [0, 0.1) is 5.41 Å². The molecular formula is C56H47N3. The summed E-state index contributed by atoms with van der Waals surface area (Å²) in [5.74, 6) is 0.702. The van der Waals surface area contributed by atoms with E-state index in [1.54, 1.807) is 0 Å². The van der Waals surface area contributed by atoms with Crippen molar-refractivity contribution in [3.63, 3.8) is 0 Å². The molecule has 2 atom stereocenters. The van der Waals surface area contributed by atoms with Gasteiger partial charge in [0, 0.05) is 33.9 Å². The van der Waals surface area contributed by atoms with Crippen LogP contribution in [0.25, 0.3) is 55.8 Å². The minimum Gasteiger partial charge on any atom is -0.252 e. The van der Waals surface area contributed by atoms with Crippen LogP contribution in [-0.4, -0.2) is 15.7 Å². The third kappa shape index (κ3) is 7.85. The molecule has 3 nitrogen and oxygen atoms in total. The Morgan fingerprint density at radius 1 is 0.610 bits per heavy atom. The Hall–Kier alpha value is -6.97. The van der Waals surface area contributed by atoms with Crippen LogP contribution < -0.4 is 0 Å². The number of rotatable bonds is 10. The van der Waals surface area contributed by atoms with Gasteiger partial charge in [0.25, 0.3) is 0 Å². The molecule has 0 saturated carbocycles. The van der Waals surface area contributed by atoms with Crippen LogP contribution in [0.1, 0.15) is 43.4 Å². The molecule has 1 aromatic heterocycles. The third-order valence-corrected chi connectivity index (χ3v) is 12.0. The predicted molar refractivity (Wildman–Crippen MR) is 249 cm³/mol. The minimum atomic E-state index is -0.216. The van der Waals surface area contributed by atoms with Crippen molar-refractivity contribution in [3.8, 4) is 45.0 Å². The second kappa shape index (κ2) is 16.1. The zero-order chi connectivity index (χ0) is 40.2. The maximum absolute atomic E-state index is 5.34. The molecule has 59 heavy (non-hydrogen) atoms. The van der Waals surface area contributed by atoms with Crippen molar-refractivity contribution >= 4 is 22.2 Å². The van der Waals surface area contributed by atoms with Crippen LogP contribution in [-0.2, 0) is 11.8 Å². The van der Waals surface area contributed by atoms with Gasteiger partial charge in [-0.3, -0.25) is 4.99 Å². The van der Waals surface area contributed by atoms with E-state index in [1.165, 1.54) is 38.6 Å². The SMILES string of the molecule is C=CC(=Nc1ccc2ccccc2c1Cc1cccc(-c2cc(-c3ccc(-c4ccccc4)cc3)nc(-c3ccc(C4(C)C=CC=CC4)cc3)n2)c1)C1(C)C=CC=CC1. The van der Waals surface area contributed by atoms with Gasteiger partial charge in [0.15, 0.2) is 5.82 Å². The van der Waals surface area contributed by atoms with Gasteiger partial charge < -0.3 is 0 Å². The maximum Gasteiger partial charge on any atom is 0.160 e. The monoisotopic (exact) mass is 761 g/mol. The summed E-state index contributed by atoms with van der Waals surface area (Å²) in [5.41, 5.74) is 12.5. The molecule has 0 saturated heterocycles. The molecule has 0 radical (unpaired) electrons. The van der Waals surface area contributed by atoms with E-state index in [0.717, 1.165) is 52.3 Å². The Morgan fingerprint density at radius 3 is 2.00 bits per heavy atom. The average molecular weight is 762 g/mol. The molecule has 6 aromatic carbocycles. The molecule has 0 bridgehead atoms. The van der Waals surface area contributed by atoms with Gasteiger partial charge >= 0.3 is 0 Å². The average Bonchev–Trinajstić information content (AvgIpc) is 3.29. The lowest BCUT2D eigenvalue weighted by molar-refractivity contribution is 0.600. The largest absolute Gasteiger partial charge is 0.252 e. The first kappa shape index (κ1) is 37.6. The first-order valence-corrected chi connectivity index (χ1v) is 20.5. The summed E-state index contributed by atoms with van der Waals surface area (Å²) >= 11 is 0. The van der Waals surface area contributed by atoms with Crippen LogP contribution in [0.15, 0.2) is 212 Å². The number of aliphatic imine (C=N–C) groups is 1. The summed E-state index contributed by atoms with van der Waals surface area (Å²) in [5, 5.41) is 2.40. The lowest BCUT2D eigenvalue weighted by atomic mass is 9.77. The first-order valence-electron chi connectivity index (χ1n) is 20.5. The van der Waals surface area contributed by atoms with Crippen molar-refractivity contribution in [1.29, 1.82) is 0 Å². The van der Waals surface area contributed by atoms with Gasteiger partial charge in [-0.25, -0.2) is 9.97 Å². The molecule has 1 heterocycles. The van der Waals surface area contributed by atoms with Crippen molar-refractivity contribution in [2.75, 3.05) is 0 Å². The molecule has 0 amide bonds. The van der Waals surface area contributed by atoms with Crippen LogP contribution in [0.4, 0.5) is 5.69 Å². The van der Waals surface area contributed by atoms with Crippen molar-refractivity contribution in [1.82, 2.24) is 9.97 Å². The van der Waals surface area contributed by atoms with Crippen LogP contribution in [0.3, 0.4) is 0 Å². The summed E-state index contributed by atoms with van der Waals surface area (Å²) < 4.78 is 0. The smallest absolute Gasteiger partial charge is 0.160 e. The highest BCUT2D eigenvalue weighted by Crippen LogP contribution is 2.37. The van der Waals surface area contributed by atoms with Crippen LogP contribution in [0.2, 0.25) is 0 Å². The van der Waals surface area contributed by atoms with Gasteiger partial charge in [-0.15, -0.1) is 0 Å². The Balaban J connectivity index is 1.12. The Labute approximate surface area is 348 Å². The number of allylic oxidation sites excluding steroid dienone is 9. The van der Waals surface area contributed by atoms with E-state index in [2.05, 4.69) is 209 Å². The fraction of sp³-hybridized carbons (Fsp3) is 0.125. The number of fused-ring (bicyclic) bond motifs is 1. The van der Waals surface area contributed by atoms with Gasteiger partial charge in [-0.1, -0.05) is 196 Å². The predicted octanol–water partition coefficient (Wildman–Crippen LogP) is 14.4. The molecule has 2 unspecified atom stereocenters. The van der Waals surface area contributed by atoms with Crippen molar-refractivity contribution in [2.24, 2.45) is 10.4 Å². The molecule has 0 fully saturated rings. The van der Waals surface area contributed by atoms with Crippen LogP contribution in [0.5, 0.6) is 0 Å². The third-order valence-electron chi connectivity index (χ3n) is 12.0. The number of nitrogens with zero attached hydrogens (tertiary/aromatic N) is 3. The zero-order valence-corrected chi connectivity index (χ0v) is 33.7. The van der Waals surface area contributed by atoms with Gasteiger partial charge in [0.2, 0.25) is 0 Å². The first-order chi connectivity index (χ1) is 28.9. The van der Waals surface area contributed by atoms with Gasteiger partial charge in [0.1, 0.15) is 0 Å². The van der Waals surface area contributed by atoms with E-state index in [0.29, 0.717) is 12.2 Å². The Kier molecular flexibility index (Phi) is 10.3. The fourth-order valence-corrected chi connectivity index (χ4v) is 8.39. The number of hydrogen-bond acceptors (Lipinski definition) is 3. The Bertz CT molecular complexity index is 2820. The topological polar surface area (TPSA) is 38.1 Å². The summed E-state index contributed by atoms with van der Waals surface area (Å²) in [6, 6.07) is 51.9. The van der Waals surface area contributed by atoms with Crippen molar-refractivity contribution < 1.29 is 0 Å². The van der Waals surface area contributed by atoms with Gasteiger partial charge in [0.05, 0.1) is 22.8 Å². The molecule has 2 aliphatic rings.